The zero-order valence-electron chi connectivity index (χ0n) is 14.0. The van der Waals surface area contributed by atoms with E-state index in [9.17, 15) is 4.79 Å². The molecule has 6 nitrogen and oxygen atoms in total. The van der Waals surface area contributed by atoms with Gasteiger partial charge >= 0.3 is 0 Å². The lowest BCUT2D eigenvalue weighted by molar-refractivity contribution is -0.886. The van der Waals surface area contributed by atoms with Gasteiger partial charge in [0, 0.05) is 10.6 Å². The number of hydrogen-bond donors (Lipinski definition) is 2. The van der Waals surface area contributed by atoms with Gasteiger partial charge in [0.2, 0.25) is 5.82 Å². The molecule has 0 fully saturated rings. The molecule has 1 atom stereocenters. The highest BCUT2D eigenvalue weighted by molar-refractivity contribution is 6.33. The van der Waals surface area contributed by atoms with Crippen molar-refractivity contribution in [2.75, 3.05) is 18.9 Å². The van der Waals surface area contributed by atoms with Gasteiger partial charge in [0.25, 0.3) is 11.8 Å². The molecule has 1 amide bonds. The number of anilines is 1. The van der Waals surface area contributed by atoms with E-state index in [0.29, 0.717) is 34.0 Å². The molecule has 2 aromatic carbocycles. The fourth-order valence-electron chi connectivity index (χ4n) is 2.42. The number of quaternary nitrogens is 1. The Kier molecular flexibility index (Phi) is 5.88. The number of nitrogens with zero attached hydrogens (tertiary/aromatic N) is 2. The van der Waals surface area contributed by atoms with Crippen LogP contribution in [0.1, 0.15) is 5.89 Å². The standard InChI is InChI=1S/C18H16Cl2N4O2/c1-24(10-16(25)21-15-8-3-2-7-14(15)20)11-17-22-18(23-26-17)12-5-4-6-13(19)9-12/h2-9H,10-11H2,1H3,(H,21,25)/p+1. The van der Waals surface area contributed by atoms with Crippen molar-refractivity contribution >= 4 is 34.8 Å². The van der Waals surface area contributed by atoms with Crippen LogP contribution in [-0.4, -0.2) is 29.6 Å². The van der Waals surface area contributed by atoms with Gasteiger partial charge in [-0.2, -0.15) is 4.98 Å². The van der Waals surface area contributed by atoms with Crippen LogP contribution in [0.2, 0.25) is 10.0 Å². The first-order chi connectivity index (χ1) is 12.5. The molecule has 0 spiro atoms. The lowest BCUT2D eigenvalue weighted by Gasteiger charge is -2.12. The van der Waals surface area contributed by atoms with E-state index in [-0.39, 0.29) is 12.5 Å². The maximum Gasteiger partial charge on any atom is 0.282 e. The number of carbonyl (C=O) groups excluding carboxylic acids is 1. The highest BCUT2D eigenvalue weighted by Gasteiger charge is 2.16. The number of nitrogens with one attached hydrogen (secondary N) is 2. The Hall–Kier alpha value is -2.41. The highest BCUT2D eigenvalue weighted by atomic mass is 35.5. The summed E-state index contributed by atoms with van der Waals surface area (Å²) >= 11 is 12.0. The maximum atomic E-state index is 12.2. The molecule has 1 heterocycles. The van der Waals surface area contributed by atoms with E-state index < -0.39 is 0 Å². The third kappa shape index (κ3) is 4.82. The third-order valence-corrected chi connectivity index (χ3v) is 4.18. The van der Waals surface area contributed by atoms with Gasteiger partial charge in [-0.3, -0.25) is 4.79 Å². The van der Waals surface area contributed by atoms with Crippen LogP contribution in [0.3, 0.4) is 0 Å². The highest BCUT2D eigenvalue weighted by Crippen LogP contribution is 2.20. The molecule has 0 aliphatic heterocycles. The summed E-state index contributed by atoms with van der Waals surface area (Å²) in [5.74, 6) is 0.768. The fraction of sp³-hybridized carbons (Fsp3) is 0.167. The molecule has 26 heavy (non-hydrogen) atoms. The first-order valence-electron chi connectivity index (χ1n) is 7.95. The first-order valence-corrected chi connectivity index (χ1v) is 8.71. The molecule has 1 unspecified atom stereocenters. The normalized spacial score (nSPS) is 12.0. The van der Waals surface area contributed by atoms with Crippen LogP contribution in [0.5, 0.6) is 0 Å². The quantitative estimate of drug-likeness (QED) is 0.677. The summed E-state index contributed by atoms with van der Waals surface area (Å²) in [4.78, 5) is 17.4. The molecule has 3 aromatic rings. The summed E-state index contributed by atoms with van der Waals surface area (Å²) < 4.78 is 5.27. The van der Waals surface area contributed by atoms with Crippen molar-refractivity contribution in [2.45, 2.75) is 6.54 Å². The molecule has 2 N–H and O–H groups in total. The summed E-state index contributed by atoms with van der Waals surface area (Å²) in [6, 6.07) is 14.3. The Labute approximate surface area is 160 Å². The second kappa shape index (κ2) is 8.31. The van der Waals surface area contributed by atoms with Crippen LogP contribution in [0.4, 0.5) is 5.69 Å². The summed E-state index contributed by atoms with van der Waals surface area (Å²) in [5.41, 5.74) is 1.37. The molecule has 134 valence electrons. The summed E-state index contributed by atoms with van der Waals surface area (Å²) in [6.45, 7) is 0.656. The van der Waals surface area contributed by atoms with Crippen LogP contribution >= 0.6 is 23.2 Å². The van der Waals surface area contributed by atoms with Gasteiger partial charge in [0.15, 0.2) is 13.1 Å². The smallest absolute Gasteiger partial charge is 0.282 e. The van der Waals surface area contributed by atoms with Gasteiger partial charge in [-0.05, 0) is 24.3 Å². The zero-order valence-corrected chi connectivity index (χ0v) is 15.5. The second-order valence-electron chi connectivity index (χ2n) is 5.86. The van der Waals surface area contributed by atoms with Crippen molar-refractivity contribution in [1.29, 1.82) is 0 Å². The fourth-order valence-corrected chi connectivity index (χ4v) is 2.80. The van der Waals surface area contributed by atoms with Gasteiger partial charge in [-0.1, -0.05) is 52.6 Å². The lowest BCUT2D eigenvalue weighted by atomic mass is 10.2. The predicted molar refractivity (Wildman–Crippen MR) is 100 cm³/mol. The maximum absolute atomic E-state index is 12.2. The largest absolute Gasteiger partial charge is 0.333 e. The predicted octanol–water partition coefficient (Wildman–Crippen LogP) is 2.70. The number of hydrogen-bond acceptors (Lipinski definition) is 4. The minimum atomic E-state index is -0.148. The molecule has 0 aliphatic rings. The van der Waals surface area contributed by atoms with Gasteiger partial charge in [-0.25, -0.2) is 0 Å². The van der Waals surface area contributed by atoms with Crippen molar-refractivity contribution in [1.82, 2.24) is 10.1 Å². The van der Waals surface area contributed by atoms with E-state index >= 15 is 0 Å². The Morgan fingerprint density at radius 2 is 2.00 bits per heavy atom. The number of amides is 1. The molecule has 0 saturated carbocycles. The first kappa shape index (κ1) is 18.4. The van der Waals surface area contributed by atoms with Crippen LogP contribution in [-0.2, 0) is 11.3 Å². The molecule has 0 bridgehead atoms. The van der Waals surface area contributed by atoms with Crippen molar-refractivity contribution in [3.05, 3.63) is 64.5 Å². The van der Waals surface area contributed by atoms with Crippen molar-refractivity contribution < 1.29 is 14.2 Å². The van der Waals surface area contributed by atoms with Crippen LogP contribution in [0, 0.1) is 0 Å². The molecule has 1 aromatic heterocycles. The van der Waals surface area contributed by atoms with Gasteiger partial charge in [0.1, 0.15) is 0 Å². The van der Waals surface area contributed by atoms with E-state index in [1.54, 1.807) is 24.3 Å². The summed E-state index contributed by atoms with van der Waals surface area (Å²) in [6.07, 6.45) is 0. The van der Waals surface area contributed by atoms with E-state index in [2.05, 4.69) is 15.5 Å². The Morgan fingerprint density at radius 3 is 2.77 bits per heavy atom. The van der Waals surface area contributed by atoms with Crippen LogP contribution < -0.4 is 10.2 Å². The topological polar surface area (TPSA) is 72.5 Å². The molecule has 0 radical (unpaired) electrons. The number of rotatable bonds is 6. The SMILES string of the molecule is C[NH+](CC(=O)Nc1ccccc1Cl)Cc1nc(-c2cccc(Cl)c2)no1. The van der Waals surface area contributed by atoms with Crippen molar-refractivity contribution in [2.24, 2.45) is 0 Å². The molecule has 3 rings (SSSR count). The number of halogens is 2. The molecule has 0 aliphatic carbocycles. The van der Waals surface area contributed by atoms with Gasteiger partial charge in [0.05, 0.1) is 17.8 Å². The lowest BCUT2D eigenvalue weighted by Crippen LogP contribution is -3.08. The Morgan fingerprint density at radius 1 is 1.19 bits per heavy atom. The number of benzene rings is 2. The Balaban J connectivity index is 1.57. The van der Waals surface area contributed by atoms with E-state index in [1.165, 1.54) is 0 Å². The number of likely N-dealkylation sites (N-methyl/N-ethyl adjacent to an activating group) is 1. The average Bonchev–Trinajstić information content (AvgIpc) is 3.05. The molecule has 8 heteroatoms. The van der Waals surface area contributed by atoms with Crippen LogP contribution in [0.25, 0.3) is 11.4 Å². The Bertz CT molecular complexity index is 913. The minimum Gasteiger partial charge on any atom is -0.333 e. The van der Waals surface area contributed by atoms with E-state index in [0.717, 1.165) is 10.5 Å². The summed E-state index contributed by atoms with van der Waals surface area (Å²) in [5, 5.41) is 7.86. The monoisotopic (exact) mass is 391 g/mol. The van der Waals surface area contributed by atoms with E-state index in [1.807, 2.05) is 31.3 Å². The summed E-state index contributed by atoms with van der Waals surface area (Å²) in [7, 11) is 1.87. The number of aromatic nitrogens is 2. The molecular weight excluding hydrogens is 375 g/mol. The van der Waals surface area contributed by atoms with Crippen LogP contribution in [0.15, 0.2) is 53.1 Å². The van der Waals surface area contributed by atoms with Crippen molar-refractivity contribution in [3.63, 3.8) is 0 Å². The molecule has 0 saturated heterocycles. The third-order valence-electron chi connectivity index (χ3n) is 3.61. The molecular formula is C18H17Cl2N4O2+. The van der Waals surface area contributed by atoms with Gasteiger partial charge in [-0.15, -0.1) is 0 Å². The van der Waals surface area contributed by atoms with Crippen molar-refractivity contribution in [3.8, 4) is 11.4 Å². The zero-order chi connectivity index (χ0) is 18.5. The van der Waals surface area contributed by atoms with Gasteiger partial charge < -0.3 is 14.7 Å². The second-order valence-corrected chi connectivity index (χ2v) is 6.70. The average molecular weight is 392 g/mol. The minimum absolute atomic E-state index is 0.148. The number of carbonyl (C=O) groups is 1. The van der Waals surface area contributed by atoms with E-state index in [4.69, 9.17) is 27.7 Å². The number of para-hydroxylation sites is 1.